The van der Waals surface area contributed by atoms with Gasteiger partial charge in [0.05, 0.1) is 10.6 Å². The lowest BCUT2D eigenvalue weighted by molar-refractivity contribution is -0.119. The molecule has 0 aliphatic carbocycles. The van der Waals surface area contributed by atoms with Crippen molar-refractivity contribution in [3.05, 3.63) is 58.6 Å². The number of carbonyl (C=O) groups is 2. The van der Waals surface area contributed by atoms with Crippen LogP contribution >= 0.6 is 11.6 Å². The molecule has 2 aromatic carbocycles. The minimum atomic E-state index is -0.619. The molecule has 0 atom stereocenters. The molecule has 26 heavy (non-hydrogen) atoms. The highest BCUT2D eigenvalue weighted by Crippen LogP contribution is 2.25. The molecule has 0 unspecified atom stereocenters. The van der Waals surface area contributed by atoms with Crippen LogP contribution in [0.1, 0.15) is 28.8 Å². The molecule has 2 aromatic rings. The van der Waals surface area contributed by atoms with Crippen molar-refractivity contribution in [3.8, 4) is 0 Å². The Hall–Kier alpha value is -2.53. The van der Waals surface area contributed by atoms with Crippen LogP contribution in [-0.2, 0) is 9.53 Å². The van der Waals surface area contributed by atoms with Crippen LogP contribution < -0.4 is 10.2 Å². The van der Waals surface area contributed by atoms with Crippen molar-refractivity contribution in [3.63, 3.8) is 0 Å². The molecule has 1 amide bonds. The van der Waals surface area contributed by atoms with Crippen LogP contribution in [0.3, 0.4) is 0 Å². The average Bonchev–Trinajstić information content (AvgIpc) is 3.16. The number of anilines is 2. The van der Waals surface area contributed by atoms with E-state index in [0.717, 1.165) is 18.7 Å². The number of aryl methyl sites for hydroxylation is 1. The largest absolute Gasteiger partial charge is 0.452 e. The van der Waals surface area contributed by atoms with Gasteiger partial charge >= 0.3 is 5.97 Å². The van der Waals surface area contributed by atoms with E-state index in [9.17, 15) is 9.59 Å². The zero-order valence-electron chi connectivity index (χ0n) is 14.6. The Morgan fingerprint density at radius 2 is 1.88 bits per heavy atom. The second kappa shape index (κ2) is 8.23. The van der Waals surface area contributed by atoms with Gasteiger partial charge in [-0.15, -0.1) is 0 Å². The standard InChI is InChI=1S/C20H21ClN2O3/c1-14-12-15(23-10-4-5-11-23)8-9-18(14)22-19(24)13-26-20(25)16-6-2-3-7-17(16)21/h2-3,6-9,12H,4-5,10-11,13H2,1H3,(H,22,24). The second-order valence-electron chi connectivity index (χ2n) is 6.30. The fraction of sp³-hybridized carbons (Fsp3) is 0.300. The zero-order chi connectivity index (χ0) is 18.5. The molecular weight excluding hydrogens is 352 g/mol. The summed E-state index contributed by atoms with van der Waals surface area (Å²) in [5, 5.41) is 3.08. The van der Waals surface area contributed by atoms with Gasteiger partial charge in [0, 0.05) is 24.5 Å². The quantitative estimate of drug-likeness (QED) is 0.804. The predicted molar refractivity (Wildman–Crippen MR) is 103 cm³/mol. The molecule has 136 valence electrons. The van der Waals surface area contributed by atoms with Gasteiger partial charge in [0.15, 0.2) is 6.61 Å². The normalized spacial score (nSPS) is 13.5. The van der Waals surface area contributed by atoms with Gasteiger partial charge < -0.3 is 15.0 Å². The molecule has 1 aliphatic heterocycles. The van der Waals surface area contributed by atoms with Gasteiger partial charge in [-0.05, 0) is 55.7 Å². The molecule has 1 heterocycles. The van der Waals surface area contributed by atoms with E-state index in [4.69, 9.17) is 16.3 Å². The summed E-state index contributed by atoms with van der Waals surface area (Å²) in [7, 11) is 0. The van der Waals surface area contributed by atoms with Crippen molar-refractivity contribution < 1.29 is 14.3 Å². The number of amides is 1. The fourth-order valence-electron chi connectivity index (χ4n) is 2.98. The maximum atomic E-state index is 12.1. The minimum Gasteiger partial charge on any atom is -0.452 e. The highest BCUT2D eigenvalue weighted by Gasteiger charge is 2.15. The second-order valence-corrected chi connectivity index (χ2v) is 6.70. The van der Waals surface area contributed by atoms with E-state index in [1.165, 1.54) is 18.5 Å². The first-order valence-electron chi connectivity index (χ1n) is 8.62. The third kappa shape index (κ3) is 4.35. The molecule has 6 heteroatoms. The van der Waals surface area contributed by atoms with Crippen LogP contribution in [0.25, 0.3) is 0 Å². The Kier molecular flexibility index (Phi) is 5.78. The summed E-state index contributed by atoms with van der Waals surface area (Å²) in [6.45, 7) is 3.73. The first kappa shape index (κ1) is 18.3. The van der Waals surface area contributed by atoms with Gasteiger partial charge in [-0.25, -0.2) is 4.79 Å². The van der Waals surface area contributed by atoms with Crippen molar-refractivity contribution in [1.29, 1.82) is 0 Å². The topological polar surface area (TPSA) is 58.6 Å². The number of rotatable bonds is 5. The van der Waals surface area contributed by atoms with Crippen molar-refractivity contribution in [2.45, 2.75) is 19.8 Å². The van der Waals surface area contributed by atoms with Crippen molar-refractivity contribution >= 4 is 34.9 Å². The SMILES string of the molecule is Cc1cc(N2CCCC2)ccc1NC(=O)COC(=O)c1ccccc1Cl. The maximum absolute atomic E-state index is 12.1. The number of hydrogen-bond acceptors (Lipinski definition) is 4. The van der Waals surface area contributed by atoms with E-state index in [2.05, 4.69) is 16.3 Å². The van der Waals surface area contributed by atoms with Gasteiger partial charge in [-0.3, -0.25) is 4.79 Å². The summed E-state index contributed by atoms with van der Waals surface area (Å²) in [5.74, 6) is -1.01. The summed E-state index contributed by atoms with van der Waals surface area (Å²) in [6, 6.07) is 12.5. The van der Waals surface area contributed by atoms with Crippen LogP contribution in [0.4, 0.5) is 11.4 Å². The van der Waals surface area contributed by atoms with Crippen molar-refractivity contribution in [2.24, 2.45) is 0 Å². The Balaban J connectivity index is 1.56. The van der Waals surface area contributed by atoms with Gasteiger partial charge in [-0.1, -0.05) is 23.7 Å². The smallest absolute Gasteiger partial charge is 0.340 e. The number of ether oxygens (including phenoxy) is 1. The monoisotopic (exact) mass is 372 g/mol. The molecule has 0 spiro atoms. The van der Waals surface area contributed by atoms with Crippen molar-refractivity contribution in [1.82, 2.24) is 0 Å². The third-order valence-electron chi connectivity index (χ3n) is 4.38. The highest BCUT2D eigenvalue weighted by atomic mass is 35.5. The molecule has 0 bridgehead atoms. The van der Waals surface area contributed by atoms with E-state index < -0.39 is 5.97 Å². The van der Waals surface area contributed by atoms with E-state index in [1.807, 2.05) is 19.1 Å². The first-order valence-corrected chi connectivity index (χ1v) is 8.99. The summed E-state index contributed by atoms with van der Waals surface area (Å²) in [6.07, 6.45) is 2.43. The Morgan fingerprint density at radius 3 is 2.58 bits per heavy atom. The molecule has 0 aromatic heterocycles. The fourth-order valence-corrected chi connectivity index (χ4v) is 3.19. The summed E-state index contributed by atoms with van der Waals surface area (Å²) in [5.41, 5.74) is 3.10. The number of carbonyl (C=O) groups excluding carboxylic acids is 2. The van der Waals surface area contributed by atoms with E-state index in [0.29, 0.717) is 10.7 Å². The van der Waals surface area contributed by atoms with Gasteiger partial charge in [0.1, 0.15) is 0 Å². The van der Waals surface area contributed by atoms with Gasteiger partial charge in [0.2, 0.25) is 0 Å². The Morgan fingerprint density at radius 1 is 1.15 bits per heavy atom. The predicted octanol–water partition coefficient (Wildman–Crippen LogP) is 4.04. The van der Waals surface area contributed by atoms with Crippen molar-refractivity contribution in [2.75, 3.05) is 29.9 Å². The number of nitrogens with zero attached hydrogens (tertiary/aromatic N) is 1. The van der Waals surface area contributed by atoms with Crippen LogP contribution in [-0.4, -0.2) is 31.6 Å². The number of halogens is 1. The lowest BCUT2D eigenvalue weighted by atomic mass is 10.1. The van der Waals surface area contributed by atoms with Crippen LogP contribution in [0.2, 0.25) is 5.02 Å². The maximum Gasteiger partial charge on any atom is 0.340 e. The van der Waals surface area contributed by atoms with Crippen LogP contribution in [0, 0.1) is 6.92 Å². The van der Waals surface area contributed by atoms with Crippen LogP contribution in [0.5, 0.6) is 0 Å². The minimum absolute atomic E-state index is 0.244. The molecule has 1 aliphatic rings. The molecular formula is C20H21ClN2O3. The average molecular weight is 373 g/mol. The number of esters is 1. The number of nitrogens with one attached hydrogen (secondary N) is 1. The molecule has 1 N–H and O–H groups in total. The van der Waals surface area contributed by atoms with E-state index in [1.54, 1.807) is 24.3 Å². The summed E-state index contributed by atoms with van der Waals surface area (Å²) in [4.78, 5) is 26.4. The van der Waals surface area contributed by atoms with Crippen LogP contribution in [0.15, 0.2) is 42.5 Å². The van der Waals surface area contributed by atoms with E-state index >= 15 is 0 Å². The molecule has 5 nitrogen and oxygen atoms in total. The van der Waals surface area contributed by atoms with Gasteiger partial charge in [0.25, 0.3) is 5.91 Å². The first-order chi connectivity index (χ1) is 12.5. The highest BCUT2D eigenvalue weighted by molar-refractivity contribution is 6.33. The summed E-state index contributed by atoms with van der Waals surface area (Å²) < 4.78 is 5.04. The molecule has 0 radical (unpaired) electrons. The lowest BCUT2D eigenvalue weighted by Gasteiger charge is -2.19. The lowest BCUT2D eigenvalue weighted by Crippen LogP contribution is -2.22. The molecule has 1 saturated heterocycles. The molecule has 1 fully saturated rings. The third-order valence-corrected chi connectivity index (χ3v) is 4.71. The number of hydrogen-bond donors (Lipinski definition) is 1. The van der Waals surface area contributed by atoms with Gasteiger partial charge in [-0.2, -0.15) is 0 Å². The Labute approximate surface area is 157 Å². The summed E-state index contributed by atoms with van der Waals surface area (Å²) >= 11 is 5.95. The molecule has 3 rings (SSSR count). The zero-order valence-corrected chi connectivity index (χ0v) is 15.4. The number of benzene rings is 2. The molecule has 0 saturated carbocycles. The van der Waals surface area contributed by atoms with E-state index in [-0.39, 0.29) is 18.1 Å². The Bertz CT molecular complexity index is 816.